The molecule has 6 nitrogen and oxygen atoms in total. The first-order valence-corrected chi connectivity index (χ1v) is 11.2. The average molecular weight is 412 g/mol. The van der Waals surface area contributed by atoms with E-state index in [1.165, 1.54) is 11.3 Å². The second-order valence-electron chi connectivity index (χ2n) is 6.61. The number of nitrogens with two attached hydrogens (primary N) is 1. The molecule has 0 aromatic carbocycles. The quantitative estimate of drug-likeness (QED) is 0.512. The second kappa shape index (κ2) is 7.81. The largest absolute Gasteiger partial charge is 0.396 e. The van der Waals surface area contributed by atoms with Crippen LogP contribution in [-0.2, 0) is 17.8 Å². The first kappa shape index (κ1) is 18.8. The van der Waals surface area contributed by atoms with Crippen LogP contribution in [0.4, 0.5) is 5.69 Å². The van der Waals surface area contributed by atoms with E-state index in [4.69, 9.17) is 10.7 Å². The molecule has 0 bridgehead atoms. The van der Waals surface area contributed by atoms with E-state index in [1.807, 2.05) is 36.0 Å². The molecule has 4 aromatic heterocycles. The predicted molar refractivity (Wildman–Crippen MR) is 116 cm³/mol. The molecule has 1 atom stereocenters. The van der Waals surface area contributed by atoms with Gasteiger partial charge in [0.05, 0.1) is 34.2 Å². The monoisotopic (exact) mass is 411 g/mol. The zero-order chi connectivity index (χ0) is 19.7. The van der Waals surface area contributed by atoms with Crippen LogP contribution in [-0.4, -0.2) is 29.5 Å². The minimum absolute atomic E-state index is 0.556. The van der Waals surface area contributed by atoms with Crippen molar-refractivity contribution >= 4 is 38.0 Å². The Bertz CT molecular complexity index is 1150. The van der Waals surface area contributed by atoms with Crippen molar-refractivity contribution in [2.24, 2.45) is 7.05 Å². The lowest BCUT2D eigenvalue weighted by Crippen LogP contribution is -1.99. The summed E-state index contributed by atoms with van der Waals surface area (Å²) in [6, 6.07) is 5.85. The van der Waals surface area contributed by atoms with Gasteiger partial charge in [-0.25, -0.2) is 9.97 Å². The van der Waals surface area contributed by atoms with Gasteiger partial charge in [-0.3, -0.25) is 9.19 Å². The second-order valence-corrected chi connectivity index (χ2v) is 9.37. The third kappa shape index (κ3) is 3.45. The van der Waals surface area contributed by atoms with Gasteiger partial charge in [-0.15, -0.1) is 11.3 Å². The van der Waals surface area contributed by atoms with E-state index >= 15 is 0 Å². The first-order valence-electron chi connectivity index (χ1n) is 9.08. The average Bonchev–Trinajstić information content (AvgIpc) is 3.29. The van der Waals surface area contributed by atoms with Gasteiger partial charge in [0.2, 0.25) is 0 Å². The molecule has 28 heavy (non-hydrogen) atoms. The van der Waals surface area contributed by atoms with Gasteiger partial charge in [-0.1, -0.05) is 13.3 Å². The van der Waals surface area contributed by atoms with Crippen LogP contribution < -0.4 is 5.73 Å². The van der Waals surface area contributed by atoms with E-state index in [9.17, 15) is 4.21 Å². The lowest BCUT2D eigenvalue weighted by molar-refractivity contribution is 0.681. The summed E-state index contributed by atoms with van der Waals surface area (Å²) in [6.07, 6.45) is 9.13. The van der Waals surface area contributed by atoms with Gasteiger partial charge in [-0.2, -0.15) is 0 Å². The number of pyridine rings is 2. The molecule has 0 aliphatic rings. The van der Waals surface area contributed by atoms with Crippen molar-refractivity contribution in [3.05, 3.63) is 43.1 Å². The molecule has 0 amide bonds. The summed E-state index contributed by atoms with van der Waals surface area (Å²) in [6.45, 7) is 2.09. The van der Waals surface area contributed by atoms with Crippen LogP contribution in [0.25, 0.3) is 32.7 Å². The number of nitrogens with zero attached hydrogens (tertiary/aromatic N) is 4. The summed E-state index contributed by atoms with van der Waals surface area (Å²) in [5, 5.41) is 0.830. The number of hydrogen-bond donors (Lipinski definition) is 1. The number of fused-ring (bicyclic) bond motifs is 1. The number of aryl methyl sites for hydroxylation is 1. The van der Waals surface area contributed by atoms with Crippen molar-refractivity contribution in [2.45, 2.75) is 24.0 Å². The Balaban J connectivity index is 1.95. The van der Waals surface area contributed by atoms with Gasteiger partial charge < -0.3 is 10.3 Å². The Kier molecular flexibility index (Phi) is 5.23. The Morgan fingerprint density at radius 2 is 2.18 bits per heavy atom. The molecule has 0 aliphatic carbocycles. The standard InChI is InChI=1S/C20H21N5OS2/c1-3-4-8-28(26)20-18(21)17-14(16-11-25(2)12-23-16)9-15(24-19(17)27-20)13-6-5-7-22-10-13/h5-7,9-12H,3-4,8,21H2,1-2H3. The molecule has 8 heteroatoms. The third-order valence-corrected chi connectivity index (χ3v) is 7.49. The predicted octanol–water partition coefficient (Wildman–Crippen LogP) is 4.25. The Labute approximate surface area is 169 Å². The summed E-state index contributed by atoms with van der Waals surface area (Å²) >= 11 is 1.42. The number of imidazole rings is 1. The van der Waals surface area contributed by atoms with E-state index in [2.05, 4.69) is 16.9 Å². The summed E-state index contributed by atoms with van der Waals surface area (Å²) in [5.41, 5.74) is 10.5. The zero-order valence-electron chi connectivity index (χ0n) is 15.8. The number of hydrogen-bond acceptors (Lipinski definition) is 6. The molecule has 4 heterocycles. The lowest BCUT2D eigenvalue weighted by Gasteiger charge is -2.06. The highest BCUT2D eigenvalue weighted by Gasteiger charge is 2.21. The van der Waals surface area contributed by atoms with Crippen LogP contribution in [0, 0.1) is 0 Å². The summed E-state index contributed by atoms with van der Waals surface area (Å²) < 4.78 is 15.4. The molecule has 0 fully saturated rings. The van der Waals surface area contributed by atoms with Crippen molar-refractivity contribution in [2.75, 3.05) is 11.5 Å². The molecule has 144 valence electrons. The molecular weight excluding hydrogens is 390 g/mol. The Morgan fingerprint density at radius 3 is 2.86 bits per heavy atom. The fourth-order valence-electron chi connectivity index (χ4n) is 3.05. The van der Waals surface area contributed by atoms with E-state index in [0.717, 1.165) is 45.6 Å². The molecule has 0 saturated heterocycles. The fraction of sp³-hybridized carbons (Fsp3) is 0.250. The summed E-state index contributed by atoms with van der Waals surface area (Å²) in [4.78, 5) is 14.3. The molecule has 1 unspecified atom stereocenters. The van der Waals surface area contributed by atoms with Crippen molar-refractivity contribution in [1.29, 1.82) is 0 Å². The molecule has 2 N–H and O–H groups in total. The highest BCUT2D eigenvalue weighted by molar-refractivity contribution is 7.87. The molecule has 4 rings (SSSR count). The Hall–Kier alpha value is -2.58. The summed E-state index contributed by atoms with van der Waals surface area (Å²) in [7, 11) is 0.807. The van der Waals surface area contributed by atoms with Crippen molar-refractivity contribution in [1.82, 2.24) is 19.5 Å². The van der Waals surface area contributed by atoms with Gasteiger partial charge in [0.25, 0.3) is 0 Å². The Morgan fingerprint density at radius 1 is 1.32 bits per heavy atom. The number of aromatic nitrogens is 4. The van der Waals surface area contributed by atoms with Crippen molar-refractivity contribution in [3.8, 4) is 22.5 Å². The number of unbranched alkanes of at least 4 members (excludes halogenated alkanes) is 1. The lowest BCUT2D eigenvalue weighted by atomic mass is 10.1. The molecule has 0 spiro atoms. The minimum atomic E-state index is -1.12. The normalized spacial score (nSPS) is 12.5. The smallest absolute Gasteiger partial charge is 0.127 e. The van der Waals surface area contributed by atoms with Crippen molar-refractivity contribution < 1.29 is 4.21 Å². The van der Waals surface area contributed by atoms with Crippen LogP contribution >= 0.6 is 11.3 Å². The minimum Gasteiger partial charge on any atom is -0.396 e. The van der Waals surface area contributed by atoms with Gasteiger partial charge in [0.1, 0.15) is 9.04 Å². The topological polar surface area (TPSA) is 86.7 Å². The van der Waals surface area contributed by atoms with E-state index in [0.29, 0.717) is 15.6 Å². The van der Waals surface area contributed by atoms with E-state index in [-0.39, 0.29) is 0 Å². The number of thiophene rings is 1. The summed E-state index contributed by atoms with van der Waals surface area (Å²) in [5.74, 6) is 0.613. The van der Waals surface area contributed by atoms with Crippen LogP contribution in [0.1, 0.15) is 19.8 Å². The third-order valence-electron chi connectivity index (χ3n) is 4.49. The first-order chi connectivity index (χ1) is 13.6. The fourth-order valence-corrected chi connectivity index (χ4v) is 5.85. The van der Waals surface area contributed by atoms with Gasteiger partial charge in [-0.05, 0) is 24.6 Å². The van der Waals surface area contributed by atoms with Gasteiger partial charge in [0, 0.05) is 47.9 Å². The molecule has 0 radical (unpaired) electrons. The zero-order valence-corrected chi connectivity index (χ0v) is 17.4. The van der Waals surface area contributed by atoms with Crippen LogP contribution in [0.5, 0.6) is 0 Å². The van der Waals surface area contributed by atoms with Crippen LogP contribution in [0.2, 0.25) is 0 Å². The van der Waals surface area contributed by atoms with Gasteiger partial charge >= 0.3 is 0 Å². The molecule has 4 aromatic rings. The van der Waals surface area contributed by atoms with Crippen LogP contribution in [0.3, 0.4) is 0 Å². The maximum absolute atomic E-state index is 12.8. The SMILES string of the molecule is CCCCS(=O)c1sc2nc(-c3cccnc3)cc(-c3cn(C)cn3)c2c1N. The van der Waals surface area contributed by atoms with E-state index in [1.54, 1.807) is 18.7 Å². The highest BCUT2D eigenvalue weighted by atomic mass is 32.2. The number of nitrogen functional groups attached to an aromatic ring is 1. The van der Waals surface area contributed by atoms with Crippen molar-refractivity contribution in [3.63, 3.8) is 0 Å². The number of rotatable bonds is 6. The van der Waals surface area contributed by atoms with E-state index < -0.39 is 10.8 Å². The molecule has 0 aliphatic heterocycles. The van der Waals surface area contributed by atoms with Crippen LogP contribution in [0.15, 0.2) is 47.3 Å². The maximum Gasteiger partial charge on any atom is 0.127 e. The maximum atomic E-state index is 12.8. The van der Waals surface area contributed by atoms with Gasteiger partial charge in [0.15, 0.2) is 0 Å². The molecule has 0 saturated carbocycles. The number of anilines is 1. The molecular formula is C20H21N5OS2. The highest BCUT2D eigenvalue weighted by Crippen LogP contribution is 2.42.